The number of nitrogens with zero attached hydrogens (tertiary/aromatic N) is 2. The SMILES string of the molecule is CCCS(=O)(=O)c1ccccc1C(=O)N1CCC(N2CCNCC2)C1. The number of carbonyl (C=O) groups is 1. The van der Waals surface area contributed by atoms with Crippen LogP contribution in [0.1, 0.15) is 30.1 Å². The maximum absolute atomic E-state index is 13.0. The number of hydrogen-bond acceptors (Lipinski definition) is 5. The molecular weight excluding hydrogens is 338 g/mol. The molecule has 0 aliphatic carbocycles. The van der Waals surface area contributed by atoms with Gasteiger partial charge in [0.25, 0.3) is 5.91 Å². The first-order chi connectivity index (χ1) is 12.0. The highest BCUT2D eigenvalue weighted by atomic mass is 32.2. The second-order valence-corrected chi connectivity index (χ2v) is 8.87. The minimum atomic E-state index is -3.42. The fourth-order valence-electron chi connectivity index (χ4n) is 3.74. The van der Waals surface area contributed by atoms with E-state index in [-0.39, 0.29) is 16.6 Å². The second-order valence-electron chi connectivity index (χ2n) is 6.79. The third-order valence-corrected chi connectivity index (χ3v) is 7.02. The van der Waals surface area contributed by atoms with Crippen molar-refractivity contribution in [3.63, 3.8) is 0 Å². The van der Waals surface area contributed by atoms with Crippen molar-refractivity contribution in [2.75, 3.05) is 45.0 Å². The standard InChI is InChI=1S/C18H27N3O3S/c1-2-13-25(23,24)17-6-4-3-5-16(17)18(22)21-10-7-15(14-21)20-11-8-19-9-12-20/h3-6,15,19H,2,7-14H2,1H3. The van der Waals surface area contributed by atoms with E-state index in [4.69, 9.17) is 0 Å². The Labute approximate surface area is 150 Å². The maximum atomic E-state index is 13.0. The van der Waals surface area contributed by atoms with E-state index in [9.17, 15) is 13.2 Å². The summed E-state index contributed by atoms with van der Waals surface area (Å²) in [5.41, 5.74) is 0.317. The average molecular weight is 365 g/mol. The van der Waals surface area contributed by atoms with Crippen molar-refractivity contribution in [3.05, 3.63) is 29.8 Å². The fourth-order valence-corrected chi connectivity index (χ4v) is 5.27. The maximum Gasteiger partial charge on any atom is 0.255 e. The molecule has 1 aromatic carbocycles. The first kappa shape index (κ1) is 18.4. The van der Waals surface area contributed by atoms with E-state index >= 15 is 0 Å². The number of hydrogen-bond donors (Lipinski definition) is 1. The minimum Gasteiger partial charge on any atom is -0.337 e. The molecule has 2 aliphatic heterocycles. The summed E-state index contributed by atoms with van der Waals surface area (Å²) in [6.45, 7) is 7.20. The van der Waals surface area contributed by atoms with E-state index in [0.29, 0.717) is 31.1 Å². The van der Waals surface area contributed by atoms with Crippen LogP contribution in [0.25, 0.3) is 0 Å². The normalized spacial score (nSPS) is 22.3. The van der Waals surface area contributed by atoms with Gasteiger partial charge in [0.1, 0.15) is 0 Å². The summed E-state index contributed by atoms with van der Waals surface area (Å²) >= 11 is 0. The summed E-state index contributed by atoms with van der Waals surface area (Å²) in [6, 6.07) is 7.01. The molecule has 7 heteroatoms. The summed E-state index contributed by atoms with van der Waals surface area (Å²) < 4.78 is 25.0. The van der Waals surface area contributed by atoms with Crippen molar-refractivity contribution >= 4 is 15.7 Å². The number of likely N-dealkylation sites (tertiary alicyclic amines) is 1. The van der Waals surface area contributed by atoms with Gasteiger partial charge >= 0.3 is 0 Å². The number of nitrogens with one attached hydrogen (secondary N) is 1. The van der Waals surface area contributed by atoms with Gasteiger partial charge in [0, 0.05) is 45.3 Å². The van der Waals surface area contributed by atoms with Crippen molar-refractivity contribution in [3.8, 4) is 0 Å². The van der Waals surface area contributed by atoms with Gasteiger partial charge in [0.2, 0.25) is 0 Å². The lowest BCUT2D eigenvalue weighted by molar-refractivity contribution is 0.0769. The highest BCUT2D eigenvalue weighted by molar-refractivity contribution is 7.91. The van der Waals surface area contributed by atoms with Crippen LogP contribution in [-0.4, -0.2) is 75.2 Å². The van der Waals surface area contributed by atoms with Gasteiger partial charge in [-0.25, -0.2) is 8.42 Å². The molecule has 2 heterocycles. The molecule has 1 aromatic rings. The number of sulfone groups is 1. The topological polar surface area (TPSA) is 69.7 Å². The van der Waals surface area contributed by atoms with Gasteiger partial charge in [-0.1, -0.05) is 19.1 Å². The van der Waals surface area contributed by atoms with Gasteiger partial charge < -0.3 is 10.2 Å². The molecule has 1 amide bonds. The third kappa shape index (κ3) is 4.04. The average Bonchev–Trinajstić information content (AvgIpc) is 3.12. The molecule has 2 aliphatic rings. The summed E-state index contributed by atoms with van der Waals surface area (Å²) in [6.07, 6.45) is 1.50. The molecule has 6 nitrogen and oxygen atoms in total. The molecule has 0 spiro atoms. The van der Waals surface area contributed by atoms with Gasteiger partial charge in [-0.3, -0.25) is 9.69 Å². The second kappa shape index (κ2) is 7.85. The molecule has 1 atom stereocenters. The molecule has 2 saturated heterocycles. The minimum absolute atomic E-state index is 0.0701. The van der Waals surface area contributed by atoms with E-state index in [1.807, 2.05) is 11.8 Å². The summed E-state index contributed by atoms with van der Waals surface area (Å²) in [5.74, 6) is -0.0892. The number of carbonyl (C=O) groups excluding carboxylic acids is 1. The molecular formula is C18H27N3O3S. The third-order valence-electron chi connectivity index (χ3n) is 5.04. The summed E-state index contributed by atoms with van der Waals surface area (Å²) in [5, 5.41) is 3.35. The van der Waals surface area contributed by atoms with Crippen molar-refractivity contribution in [1.29, 1.82) is 0 Å². The lowest BCUT2D eigenvalue weighted by atomic mass is 10.2. The summed E-state index contributed by atoms with van der Waals surface area (Å²) in [7, 11) is -3.42. The van der Waals surface area contributed by atoms with Gasteiger partial charge in [0.15, 0.2) is 9.84 Å². The lowest BCUT2D eigenvalue weighted by Gasteiger charge is -2.32. The van der Waals surface area contributed by atoms with Crippen LogP contribution in [0.2, 0.25) is 0 Å². The zero-order chi connectivity index (χ0) is 17.9. The number of piperazine rings is 1. The van der Waals surface area contributed by atoms with Gasteiger partial charge in [0.05, 0.1) is 16.2 Å². The Morgan fingerprint density at radius 3 is 2.64 bits per heavy atom. The van der Waals surface area contributed by atoms with E-state index in [1.165, 1.54) is 0 Å². The van der Waals surface area contributed by atoms with Crippen LogP contribution in [0.4, 0.5) is 0 Å². The van der Waals surface area contributed by atoms with Crippen LogP contribution in [-0.2, 0) is 9.84 Å². The molecule has 1 unspecified atom stereocenters. The Morgan fingerprint density at radius 2 is 1.92 bits per heavy atom. The smallest absolute Gasteiger partial charge is 0.255 e. The largest absolute Gasteiger partial charge is 0.337 e. The molecule has 0 bridgehead atoms. The lowest BCUT2D eigenvalue weighted by Crippen LogP contribution is -2.49. The van der Waals surface area contributed by atoms with Crippen LogP contribution in [0.15, 0.2) is 29.2 Å². The Balaban J connectivity index is 1.76. The highest BCUT2D eigenvalue weighted by Gasteiger charge is 2.33. The van der Waals surface area contributed by atoms with Gasteiger partial charge in [-0.2, -0.15) is 0 Å². The van der Waals surface area contributed by atoms with Crippen LogP contribution < -0.4 is 5.32 Å². The predicted molar refractivity (Wildman–Crippen MR) is 97.5 cm³/mol. The number of rotatable bonds is 5. The van der Waals surface area contributed by atoms with Gasteiger partial charge in [-0.15, -0.1) is 0 Å². The Morgan fingerprint density at radius 1 is 1.20 bits per heavy atom. The Kier molecular flexibility index (Phi) is 5.76. The van der Waals surface area contributed by atoms with Gasteiger partial charge in [-0.05, 0) is 25.0 Å². The quantitative estimate of drug-likeness (QED) is 0.843. The fraction of sp³-hybridized carbons (Fsp3) is 0.611. The van der Waals surface area contributed by atoms with Crippen molar-refractivity contribution in [1.82, 2.24) is 15.1 Å². The van der Waals surface area contributed by atoms with E-state index in [0.717, 1.165) is 32.6 Å². The zero-order valence-electron chi connectivity index (χ0n) is 14.8. The Bertz CT molecular complexity index is 714. The first-order valence-corrected chi connectivity index (χ1v) is 10.7. The molecule has 25 heavy (non-hydrogen) atoms. The molecule has 138 valence electrons. The van der Waals surface area contributed by atoms with Crippen molar-refractivity contribution in [2.45, 2.75) is 30.7 Å². The van der Waals surface area contributed by atoms with Crippen LogP contribution >= 0.6 is 0 Å². The molecule has 0 radical (unpaired) electrons. The molecule has 0 saturated carbocycles. The summed E-state index contributed by atoms with van der Waals surface area (Å²) in [4.78, 5) is 17.4. The van der Waals surface area contributed by atoms with Crippen LogP contribution in [0.5, 0.6) is 0 Å². The number of benzene rings is 1. The highest BCUT2D eigenvalue weighted by Crippen LogP contribution is 2.23. The van der Waals surface area contributed by atoms with Crippen LogP contribution in [0, 0.1) is 0 Å². The monoisotopic (exact) mass is 365 g/mol. The van der Waals surface area contributed by atoms with Crippen molar-refractivity contribution < 1.29 is 13.2 Å². The van der Waals surface area contributed by atoms with E-state index < -0.39 is 9.84 Å². The zero-order valence-corrected chi connectivity index (χ0v) is 15.6. The first-order valence-electron chi connectivity index (χ1n) is 9.09. The number of amides is 1. The predicted octanol–water partition coefficient (Wildman–Crippen LogP) is 0.990. The van der Waals surface area contributed by atoms with E-state index in [1.54, 1.807) is 24.3 Å². The molecule has 0 aromatic heterocycles. The molecule has 2 fully saturated rings. The van der Waals surface area contributed by atoms with Crippen molar-refractivity contribution in [2.24, 2.45) is 0 Å². The molecule has 1 N–H and O–H groups in total. The van der Waals surface area contributed by atoms with Crippen LogP contribution in [0.3, 0.4) is 0 Å². The Hall–Kier alpha value is -1.44. The van der Waals surface area contributed by atoms with E-state index in [2.05, 4.69) is 10.2 Å². The molecule has 3 rings (SSSR count).